The molecule has 3 heterocycles. The number of nitrogens with zero attached hydrogens (tertiary/aromatic N) is 1. The van der Waals surface area contributed by atoms with Crippen LogP contribution in [0, 0.1) is 6.92 Å². The molecule has 0 aromatic carbocycles. The molecule has 0 amide bonds. The first-order valence-corrected chi connectivity index (χ1v) is 7.20. The summed E-state index contributed by atoms with van der Waals surface area (Å²) in [6.45, 7) is 11.8. The van der Waals surface area contributed by atoms with Crippen molar-refractivity contribution in [1.29, 1.82) is 0 Å². The van der Waals surface area contributed by atoms with E-state index in [1.807, 2.05) is 13.0 Å². The van der Waals surface area contributed by atoms with Gasteiger partial charge in [-0.25, -0.2) is 0 Å². The van der Waals surface area contributed by atoms with Gasteiger partial charge in [-0.2, -0.15) is 0 Å². The Hall–Kier alpha value is -0.905. The molecule has 1 aromatic heterocycles. The quantitative estimate of drug-likeness (QED) is 0.772. The van der Waals surface area contributed by atoms with Crippen molar-refractivity contribution in [3.05, 3.63) is 23.5 Å². The van der Waals surface area contributed by atoms with E-state index in [4.69, 9.17) is 14.0 Å². The summed E-state index contributed by atoms with van der Waals surface area (Å²) in [5.74, 6) is 0.413. The zero-order valence-electron chi connectivity index (χ0n) is 12.9. The number of ether oxygens (including phenoxy) is 1. The Bertz CT molecular complexity index is 510. The van der Waals surface area contributed by atoms with Crippen molar-refractivity contribution < 1.29 is 14.0 Å². The summed E-state index contributed by atoms with van der Waals surface area (Å²) in [5, 5.41) is 0. The van der Waals surface area contributed by atoms with Gasteiger partial charge in [-0.3, -0.25) is 4.98 Å². The maximum Gasteiger partial charge on any atom is 0.494 e. The summed E-state index contributed by atoms with van der Waals surface area (Å²) >= 11 is 0. The second kappa shape index (κ2) is 4.55. The Morgan fingerprint density at radius 2 is 1.70 bits per heavy atom. The van der Waals surface area contributed by atoms with Gasteiger partial charge in [0.15, 0.2) is 0 Å². The molecule has 5 heteroatoms. The molecule has 2 saturated heterocycles. The summed E-state index contributed by atoms with van der Waals surface area (Å²) in [6.07, 6.45) is 0. The topological polar surface area (TPSA) is 40.6 Å². The van der Waals surface area contributed by atoms with Crippen LogP contribution in [-0.2, 0) is 14.0 Å². The van der Waals surface area contributed by atoms with Crippen LogP contribution in [0.2, 0.25) is 0 Å². The molecule has 0 N–H and O–H groups in total. The lowest BCUT2D eigenvalue weighted by Crippen LogP contribution is -2.41. The smallest absolute Gasteiger partial charge is 0.399 e. The lowest BCUT2D eigenvalue weighted by atomic mass is 9.78. The number of hydrogen-bond acceptors (Lipinski definition) is 4. The van der Waals surface area contributed by atoms with Crippen molar-refractivity contribution in [3.8, 4) is 0 Å². The predicted molar refractivity (Wildman–Crippen MR) is 78.3 cm³/mol. The zero-order chi connectivity index (χ0) is 14.5. The fourth-order valence-electron chi connectivity index (χ4n) is 2.45. The summed E-state index contributed by atoms with van der Waals surface area (Å²) < 4.78 is 17.5. The second-order valence-electron chi connectivity index (χ2n) is 6.79. The van der Waals surface area contributed by atoms with E-state index in [1.54, 1.807) is 0 Å². The van der Waals surface area contributed by atoms with Crippen molar-refractivity contribution in [2.24, 2.45) is 0 Å². The fraction of sp³-hybridized carbons (Fsp3) is 0.667. The maximum atomic E-state index is 6.11. The van der Waals surface area contributed by atoms with Crippen LogP contribution in [0.25, 0.3) is 0 Å². The molecule has 0 unspecified atom stereocenters. The van der Waals surface area contributed by atoms with E-state index in [0.717, 1.165) is 30.1 Å². The number of pyridine rings is 1. The van der Waals surface area contributed by atoms with Gasteiger partial charge in [-0.1, -0.05) is 0 Å². The lowest BCUT2D eigenvalue weighted by Gasteiger charge is -2.32. The average molecular weight is 275 g/mol. The largest absolute Gasteiger partial charge is 0.494 e. The van der Waals surface area contributed by atoms with Crippen molar-refractivity contribution in [3.63, 3.8) is 0 Å². The highest BCUT2D eigenvalue weighted by molar-refractivity contribution is 6.62. The van der Waals surface area contributed by atoms with Crippen LogP contribution < -0.4 is 5.46 Å². The minimum absolute atomic E-state index is 0.311. The minimum Gasteiger partial charge on any atom is -0.399 e. The molecule has 1 aromatic rings. The highest BCUT2D eigenvalue weighted by Crippen LogP contribution is 2.36. The van der Waals surface area contributed by atoms with Gasteiger partial charge in [-0.05, 0) is 52.2 Å². The first-order valence-electron chi connectivity index (χ1n) is 7.20. The van der Waals surface area contributed by atoms with Gasteiger partial charge in [0.05, 0.1) is 24.4 Å². The van der Waals surface area contributed by atoms with Crippen molar-refractivity contribution >= 4 is 12.6 Å². The Balaban J connectivity index is 1.89. The molecular formula is C15H22BNO3. The Labute approximate surface area is 121 Å². The van der Waals surface area contributed by atoms with E-state index in [2.05, 4.69) is 38.7 Å². The standard InChI is InChI=1S/C15H22BNO3/c1-10-6-12(7-13(17-10)11-8-18-9-11)16-19-14(2,3)15(4,5)20-16/h6-7,11H,8-9H2,1-5H3. The Kier molecular flexibility index (Phi) is 3.20. The third kappa shape index (κ3) is 2.28. The maximum absolute atomic E-state index is 6.11. The van der Waals surface area contributed by atoms with Gasteiger partial charge >= 0.3 is 7.12 Å². The molecule has 4 nitrogen and oxygen atoms in total. The van der Waals surface area contributed by atoms with Gasteiger partial charge in [0.2, 0.25) is 0 Å². The van der Waals surface area contributed by atoms with Crippen LogP contribution in [0.3, 0.4) is 0 Å². The Morgan fingerprint density at radius 3 is 2.20 bits per heavy atom. The average Bonchev–Trinajstić information content (AvgIpc) is 2.45. The molecule has 3 rings (SSSR count). The van der Waals surface area contributed by atoms with Crippen molar-refractivity contribution in [1.82, 2.24) is 4.98 Å². The third-order valence-electron chi connectivity index (χ3n) is 4.58. The zero-order valence-corrected chi connectivity index (χ0v) is 12.9. The monoisotopic (exact) mass is 275 g/mol. The first-order chi connectivity index (χ1) is 9.28. The van der Waals surface area contributed by atoms with Crippen LogP contribution in [0.15, 0.2) is 12.1 Å². The second-order valence-corrected chi connectivity index (χ2v) is 6.79. The van der Waals surface area contributed by atoms with Gasteiger partial charge < -0.3 is 14.0 Å². The summed E-state index contributed by atoms with van der Waals surface area (Å²) in [4.78, 5) is 4.61. The molecule has 0 saturated carbocycles. The van der Waals surface area contributed by atoms with Crippen LogP contribution in [0.4, 0.5) is 0 Å². The number of hydrogen-bond donors (Lipinski definition) is 0. The summed E-state index contributed by atoms with van der Waals surface area (Å²) in [5.41, 5.74) is 2.52. The van der Waals surface area contributed by atoms with E-state index in [1.165, 1.54) is 0 Å². The predicted octanol–water partition coefficient (Wildman–Crippen LogP) is 1.80. The minimum atomic E-state index is -0.318. The Morgan fingerprint density at radius 1 is 1.10 bits per heavy atom. The molecule has 0 radical (unpaired) electrons. The number of rotatable bonds is 2. The molecule has 2 aliphatic heterocycles. The molecular weight excluding hydrogens is 253 g/mol. The molecule has 108 valence electrons. The van der Waals surface area contributed by atoms with E-state index < -0.39 is 0 Å². The van der Waals surface area contributed by atoms with E-state index in [0.29, 0.717) is 5.92 Å². The van der Waals surface area contributed by atoms with Crippen molar-refractivity contribution in [2.75, 3.05) is 13.2 Å². The lowest BCUT2D eigenvalue weighted by molar-refractivity contribution is 0.00578. The summed E-state index contributed by atoms with van der Waals surface area (Å²) in [6, 6.07) is 4.15. The molecule has 2 aliphatic rings. The van der Waals surface area contributed by atoms with Crippen LogP contribution in [-0.4, -0.2) is 36.5 Å². The normalized spacial score (nSPS) is 24.8. The van der Waals surface area contributed by atoms with Gasteiger partial charge in [0.25, 0.3) is 0 Å². The number of aromatic nitrogens is 1. The first kappa shape index (κ1) is 14.0. The SMILES string of the molecule is Cc1cc(B2OC(C)(C)C(C)(C)O2)cc(C2COC2)n1. The number of aryl methyl sites for hydroxylation is 1. The van der Waals surface area contributed by atoms with Crippen LogP contribution in [0.1, 0.15) is 45.0 Å². The van der Waals surface area contributed by atoms with Crippen LogP contribution in [0.5, 0.6) is 0 Å². The summed E-state index contributed by atoms with van der Waals surface area (Å²) in [7, 11) is -0.318. The molecule has 0 atom stereocenters. The molecule has 0 spiro atoms. The molecule has 0 aliphatic carbocycles. The van der Waals surface area contributed by atoms with E-state index in [9.17, 15) is 0 Å². The van der Waals surface area contributed by atoms with E-state index >= 15 is 0 Å². The van der Waals surface area contributed by atoms with E-state index in [-0.39, 0.29) is 18.3 Å². The van der Waals surface area contributed by atoms with Gasteiger partial charge in [0, 0.05) is 17.3 Å². The molecule has 20 heavy (non-hydrogen) atoms. The molecule has 0 bridgehead atoms. The fourth-order valence-corrected chi connectivity index (χ4v) is 2.45. The van der Waals surface area contributed by atoms with Crippen molar-refractivity contribution in [2.45, 2.75) is 51.7 Å². The molecule has 2 fully saturated rings. The third-order valence-corrected chi connectivity index (χ3v) is 4.58. The highest BCUT2D eigenvalue weighted by atomic mass is 16.7. The van der Waals surface area contributed by atoms with Gasteiger partial charge in [-0.15, -0.1) is 0 Å². The van der Waals surface area contributed by atoms with Gasteiger partial charge in [0.1, 0.15) is 0 Å². The van der Waals surface area contributed by atoms with Crippen LogP contribution >= 0.6 is 0 Å². The highest BCUT2D eigenvalue weighted by Gasteiger charge is 2.51.